The molecule has 132 valence electrons. The maximum atomic E-state index is 12.2. The molecule has 2 aromatic carbocycles. The number of aldehydes is 1. The Kier molecular flexibility index (Phi) is 7.07. The van der Waals surface area contributed by atoms with Crippen LogP contribution in [0.2, 0.25) is 5.02 Å². The third-order valence-electron chi connectivity index (χ3n) is 3.29. The summed E-state index contributed by atoms with van der Waals surface area (Å²) in [7, 11) is 0. The van der Waals surface area contributed by atoms with E-state index in [1.165, 1.54) is 0 Å². The monoisotopic (exact) mass is 473 g/mol. The van der Waals surface area contributed by atoms with Crippen LogP contribution in [-0.2, 0) is 4.79 Å². The van der Waals surface area contributed by atoms with Crippen molar-refractivity contribution in [2.75, 3.05) is 18.5 Å². The zero-order valence-corrected chi connectivity index (χ0v) is 16.7. The Bertz CT molecular complexity index is 795. The highest BCUT2D eigenvalue weighted by Gasteiger charge is 2.14. The lowest BCUT2D eigenvalue weighted by molar-refractivity contribution is -0.118. The molecular weight excluding hydrogens is 457 g/mol. The zero-order chi connectivity index (χ0) is 18.4. The molecule has 0 atom stereocenters. The fourth-order valence-electron chi connectivity index (χ4n) is 2.11. The lowest BCUT2D eigenvalue weighted by atomic mass is 10.2. The number of anilines is 1. The molecule has 0 saturated heterocycles. The molecule has 25 heavy (non-hydrogen) atoms. The summed E-state index contributed by atoms with van der Waals surface area (Å²) in [6.07, 6.45) is 0.739. The summed E-state index contributed by atoms with van der Waals surface area (Å²) in [4.78, 5) is 23.2. The van der Waals surface area contributed by atoms with Gasteiger partial charge < -0.3 is 14.8 Å². The van der Waals surface area contributed by atoms with E-state index < -0.39 is 0 Å². The van der Waals surface area contributed by atoms with E-state index in [1.54, 1.807) is 24.3 Å². The topological polar surface area (TPSA) is 64.6 Å². The number of carbonyl (C=O) groups excluding carboxylic acids is 2. The molecule has 0 aliphatic rings. The van der Waals surface area contributed by atoms with Crippen LogP contribution in [0.25, 0.3) is 0 Å². The fraction of sp³-hybridized carbons (Fsp3) is 0.222. The van der Waals surface area contributed by atoms with Crippen LogP contribution in [-0.4, -0.2) is 25.4 Å². The van der Waals surface area contributed by atoms with Crippen LogP contribution in [0.3, 0.4) is 0 Å². The molecule has 0 aromatic heterocycles. The zero-order valence-electron chi connectivity index (χ0n) is 13.8. The molecule has 0 aliphatic heterocycles. The standard InChI is InChI=1S/C18H17ClINO4/c1-3-24-16-7-12(9-22)6-14(20)18(16)25-10-17(23)21-15-8-13(19)5-4-11(15)2/h4-9H,3,10H2,1-2H3,(H,21,23). The average molecular weight is 474 g/mol. The van der Waals surface area contributed by atoms with E-state index in [0.717, 1.165) is 11.8 Å². The Morgan fingerprint density at radius 1 is 1.28 bits per heavy atom. The van der Waals surface area contributed by atoms with Gasteiger partial charge in [-0.05, 0) is 66.3 Å². The number of hydrogen-bond acceptors (Lipinski definition) is 4. The first-order valence-corrected chi connectivity index (χ1v) is 9.00. The summed E-state index contributed by atoms with van der Waals surface area (Å²) in [6.45, 7) is 3.94. The molecule has 0 saturated carbocycles. The van der Waals surface area contributed by atoms with Gasteiger partial charge in [-0.1, -0.05) is 17.7 Å². The highest BCUT2D eigenvalue weighted by molar-refractivity contribution is 14.1. The van der Waals surface area contributed by atoms with Crippen LogP contribution in [0.5, 0.6) is 11.5 Å². The summed E-state index contributed by atoms with van der Waals surface area (Å²) in [5.74, 6) is 0.553. The highest BCUT2D eigenvalue weighted by atomic mass is 127. The fourth-order valence-corrected chi connectivity index (χ4v) is 3.07. The van der Waals surface area contributed by atoms with Crippen LogP contribution >= 0.6 is 34.2 Å². The Morgan fingerprint density at radius 2 is 2.04 bits per heavy atom. The number of hydrogen-bond donors (Lipinski definition) is 1. The first-order valence-electron chi connectivity index (χ1n) is 7.55. The number of amides is 1. The number of nitrogens with one attached hydrogen (secondary N) is 1. The molecule has 5 nitrogen and oxygen atoms in total. The maximum Gasteiger partial charge on any atom is 0.262 e. The van der Waals surface area contributed by atoms with Gasteiger partial charge in [-0.2, -0.15) is 0 Å². The Morgan fingerprint density at radius 3 is 2.72 bits per heavy atom. The quantitative estimate of drug-likeness (QED) is 0.476. The second-order valence-corrected chi connectivity index (χ2v) is 6.78. The SMILES string of the molecule is CCOc1cc(C=O)cc(I)c1OCC(=O)Nc1cc(Cl)ccc1C. The highest BCUT2D eigenvalue weighted by Crippen LogP contribution is 2.34. The van der Waals surface area contributed by atoms with E-state index >= 15 is 0 Å². The average Bonchev–Trinajstić information content (AvgIpc) is 2.57. The predicted molar refractivity (Wildman–Crippen MR) is 106 cm³/mol. The van der Waals surface area contributed by atoms with Crippen molar-refractivity contribution < 1.29 is 19.1 Å². The molecular formula is C18H17ClINO4. The number of carbonyl (C=O) groups is 2. The predicted octanol–water partition coefficient (Wildman–Crippen LogP) is 4.48. The van der Waals surface area contributed by atoms with Crippen molar-refractivity contribution in [1.82, 2.24) is 0 Å². The summed E-state index contributed by atoms with van der Waals surface area (Å²) in [5.41, 5.74) is 2.02. The van der Waals surface area contributed by atoms with E-state index in [9.17, 15) is 9.59 Å². The third-order valence-corrected chi connectivity index (χ3v) is 4.33. The molecule has 7 heteroatoms. The summed E-state index contributed by atoms with van der Waals surface area (Å²) in [5, 5.41) is 3.31. The lowest BCUT2D eigenvalue weighted by Crippen LogP contribution is -2.21. The largest absolute Gasteiger partial charge is 0.490 e. The number of benzene rings is 2. The first-order chi connectivity index (χ1) is 11.9. The van der Waals surface area contributed by atoms with Crippen molar-refractivity contribution in [3.05, 3.63) is 50.1 Å². The Hall–Kier alpha value is -1.80. The van der Waals surface area contributed by atoms with Crippen LogP contribution in [0.1, 0.15) is 22.8 Å². The van der Waals surface area contributed by atoms with Crippen molar-refractivity contribution in [2.45, 2.75) is 13.8 Å². The van der Waals surface area contributed by atoms with Gasteiger partial charge in [0.25, 0.3) is 5.91 Å². The van der Waals surface area contributed by atoms with Gasteiger partial charge in [-0.25, -0.2) is 0 Å². The molecule has 1 amide bonds. The van der Waals surface area contributed by atoms with Gasteiger partial charge in [0.05, 0.1) is 10.2 Å². The summed E-state index contributed by atoms with van der Waals surface area (Å²) >= 11 is 7.99. The second-order valence-electron chi connectivity index (χ2n) is 5.18. The van der Waals surface area contributed by atoms with Crippen LogP contribution in [0, 0.1) is 10.5 Å². The Balaban J connectivity index is 2.11. The van der Waals surface area contributed by atoms with E-state index in [4.69, 9.17) is 21.1 Å². The minimum Gasteiger partial charge on any atom is -0.490 e. The third kappa shape index (κ3) is 5.34. The summed E-state index contributed by atoms with van der Waals surface area (Å²) in [6, 6.07) is 8.53. The number of halogens is 2. The smallest absolute Gasteiger partial charge is 0.262 e. The van der Waals surface area contributed by atoms with E-state index in [1.807, 2.05) is 42.5 Å². The number of ether oxygens (including phenoxy) is 2. The first kappa shape index (κ1) is 19.5. The maximum absolute atomic E-state index is 12.2. The number of rotatable bonds is 7. The van der Waals surface area contributed by atoms with E-state index in [0.29, 0.717) is 37.9 Å². The van der Waals surface area contributed by atoms with Gasteiger partial charge in [0.2, 0.25) is 0 Å². The van der Waals surface area contributed by atoms with Crippen molar-refractivity contribution in [3.8, 4) is 11.5 Å². The van der Waals surface area contributed by atoms with Gasteiger partial charge >= 0.3 is 0 Å². The van der Waals surface area contributed by atoms with E-state index in [2.05, 4.69) is 5.32 Å². The molecule has 2 rings (SSSR count). The van der Waals surface area contributed by atoms with Crippen molar-refractivity contribution in [2.24, 2.45) is 0 Å². The molecule has 0 bridgehead atoms. The molecule has 0 fully saturated rings. The van der Waals surface area contributed by atoms with Gasteiger partial charge in [0, 0.05) is 16.3 Å². The molecule has 0 aliphatic carbocycles. The molecule has 2 aromatic rings. The van der Waals surface area contributed by atoms with Gasteiger partial charge in [0.1, 0.15) is 6.29 Å². The normalized spacial score (nSPS) is 10.2. The van der Waals surface area contributed by atoms with Crippen LogP contribution in [0.4, 0.5) is 5.69 Å². The van der Waals surface area contributed by atoms with Crippen molar-refractivity contribution in [1.29, 1.82) is 0 Å². The molecule has 0 spiro atoms. The number of aryl methyl sites for hydroxylation is 1. The lowest BCUT2D eigenvalue weighted by Gasteiger charge is -2.15. The van der Waals surface area contributed by atoms with Gasteiger partial charge in [-0.15, -0.1) is 0 Å². The molecule has 1 N–H and O–H groups in total. The summed E-state index contributed by atoms with van der Waals surface area (Å²) < 4.78 is 11.8. The second kappa shape index (κ2) is 9.05. The minimum atomic E-state index is -0.317. The molecule has 0 unspecified atom stereocenters. The van der Waals surface area contributed by atoms with Crippen molar-refractivity contribution in [3.63, 3.8) is 0 Å². The minimum absolute atomic E-state index is 0.192. The van der Waals surface area contributed by atoms with E-state index in [-0.39, 0.29) is 12.5 Å². The van der Waals surface area contributed by atoms with Crippen LogP contribution < -0.4 is 14.8 Å². The molecule has 0 heterocycles. The van der Waals surface area contributed by atoms with Gasteiger partial charge in [0.15, 0.2) is 18.1 Å². The Labute approximate surface area is 164 Å². The van der Waals surface area contributed by atoms with Gasteiger partial charge in [-0.3, -0.25) is 9.59 Å². The van der Waals surface area contributed by atoms with Crippen molar-refractivity contribution >= 4 is 52.1 Å². The van der Waals surface area contributed by atoms with Crippen LogP contribution in [0.15, 0.2) is 30.3 Å². The molecule has 0 radical (unpaired) electrons.